The van der Waals surface area contributed by atoms with Crippen molar-refractivity contribution >= 4 is 33.2 Å². The summed E-state index contributed by atoms with van der Waals surface area (Å²) in [7, 11) is 0. The van der Waals surface area contributed by atoms with E-state index in [0.29, 0.717) is 17.4 Å². The summed E-state index contributed by atoms with van der Waals surface area (Å²) >= 11 is 3.37. The number of carbonyl (C=O) groups is 1. The summed E-state index contributed by atoms with van der Waals surface area (Å²) in [5, 5.41) is 2.66. The van der Waals surface area contributed by atoms with Gasteiger partial charge in [0.2, 0.25) is 0 Å². The van der Waals surface area contributed by atoms with Crippen LogP contribution in [0.4, 0.5) is 15.8 Å². The van der Waals surface area contributed by atoms with Crippen LogP contribution in [0.3, 0.4) is 0 Å². The van der Waals surface area contributed by atoms with Crippen LogP contribution in [0.1, 0.15) is 29.4 Å². The first-order valence-corrected chi connectivity index (χ1v) is 7.07. The van der Waals surface area contributed by atoms with Crippen LogP contribution in [0.5, 0.6) is 0 Å². The highest BCUT2D eigenvalue weighted by atomic mass is 79.9. The number of hydrogen-bond acceptors (Lipinski definition) is 2. The highest BCUT2D eigenvalue weighted by molar-refractivity contribution is 9.10. The molecular weight excluding hydrogens is 325 g/mol. The Morgan fingerprint density at radius 2 is 2.15 bits per heavy atom. The summed E-state index contributed by atoms with van der Waals surface area (Å²) in [6, 6.07) is 6.04. The lowest BCUT2D eigenvalue weighted by molar-refractivity contribution is 0.101. The maximum Gasteiger partial charge on any atom is 0.272 e. The lowest BCUT2D eigenvalue weighted by atomic mass is 10.2. The topological polar surface area (TPSA) is 60.0 Å². The molecule has 1 aliphatic carbocycles. The monoisotopic (exact) mass is 337 g/mol. The predicted molar refractivity (Wildman–Crippen MR) is 79.2 cm³/mol. The van der Waals surface area contributed by atoms with Gasteiger partial charge in [0.25, 0.3) is 5.91 Å². The fraction of sp³-hybridized carbons (Fsp3) is 0.214. The van der Waals surface area contributed by atoms with E-state index in [4.69, 9.17) is 5.73 Å². The number of carbonyl (C=O) groups excluding carboxylic acids is 1. The molecule has 1 aromatic carbocycles. The molecule has 1 aliphatic rings. The zero-order valence-electron chi connectivity index (χ0n) is 10.6. The summed E-state index contributed by atoms with van der Waals surface area (Å²) in [4.78, 5) is 12.3. The Hall–Kier alpha value is -1.82. The van der Waals surface area contributed by atoms with Crippen LogP contribution < -0.4 is 11.1 Å². The van der Waals surface area contributed by atoms with Gasteiger partial charge in [-0.3, -0.25) is 4.79 Å². The first-order valence-electron chi connectivity index (χ1n) is 6.28. The number of nitrogens with one attached hydrogen (secondary N) is 1. The van der Waals surface area contributed by atoms with Crippen LogP contribution in [-0.2, 0) is 0 Å². The van der Waals surface area contributed by atoms with Gasteiger partial charge in [0, 0.05) is 16.7 Å². The minimum atomic E-state index is -0.437. The minimum absolute atomic E-state index is 0.287. The number of nitrogens with zero attached hydrogens (tertiary/aromatic N) is 1. The van der Waals surface area contributed by atoms with Gasteiger partial charge in [0.05, 0.1) is 11.4 Å². The smallest absolute Gasteiger partial charge is 0.272 e. The fourth-order valence-corrected chi connectivity index (χ4v) is 2.54. The van der Waals surface area contributed by atoms with Gasteiger partial charge in [0.1, 0.15) is 11.5 Å². The van der Waals surface area contributed by atoms with E-state index >= 15 is 0 Å². The first kappa shape index (κ1) is 13.2. The number of benzene rings is 1. The van der Waals surface area contributed by atoms with E-state index in [0.717, 1.165) is 17.3 Å². The molecule has 104 valence electrons. The van der Waals surface area contributed by atoms with Crippen molar-refractivity contribution in [3.05, 3.63) is 46.4 Å². The Morgan fingerprint density at radius 3 is 2.85 bits per heavy atom. The molecule has 1 fully saturated rings. The van der Waals surface area contributed by atoms with Crippen LogP contribution in [0, 0.1) is 5.82 Å². The van der Waals surface area contributed by atoms with Gasteiger partial charge in [-0.15, -0.1) is 0 Å². The Balaban J connectivity index is 1.87. The third-order valence-electron chi connectivity index (χ3n) is 3.25. The summed E-state index contributed by atoms with van der Waals surface area (Å²) in [5.74, 6) is -0.729. The third kappa shape index (κ3) is 2.56. The molecule has 1 heterocycles. The van der Waals surface area contributed by atoms with Gasteiger partial charge < -0.3 is 15.6 Å². The molecule has 1 amide bonds. The van der Waals surface area contributed by atoms with Crippen LogP contribution in [0.25, 0.3) is 0 Å². The zero-order chi connectivity index (χ0) is 14.3. The number of halogens is 2. The van der Waals surface area contributed by atoms with Crippen LogP contribution in [-0.4, -0.2) is 10.5 Å². The van der Waals surface area contributed by atoms with E-state index in [9.17, 15) is 9.18 Å². The number of anilines is 2. The molecule has 0 unspecified atom stereocenters. The van der Waals surface area contributed by atoms with Gasteiger partial charge in [-0.2, -0.15) is 0 Å². The average molecular weight is 338 g/mol. The summed E-state index contributed by atoms with van der Waals surface area (Å²) in [6.45, 7) is 0. The number of aromatic nitrogens is 1. The molecule has 0 saturated heterocycles. The van der Waals surface area contributed by atoms with Gasteiger partial charge in [0.15, 0.2) is 0 Å². The van der Waals surface area contributed by atoms with E-state index in [1.165, 1.54) is 18.2 Å². The van der Waals surface area contributed by atoms with Crippen molar-refractivity contribution in [2.45, 2.75) is 18.9 Å². The van der Waals surface area contributed by atoms with Crippen LogP contribution >= 0.6 is 15.9 Å². The van der Waals surface area contributed by atoms with Crippen molar-refractivity contribution in [2.24, 2.45) is 0 Å². The lowest BCUT2D eigenvalue weighted by Gasteiger charge is -2.10. The quantitative estimate of drug-likeness (QED) is 0.841. The molecule has 3 N–H and O–H groups in total. The second-order valence-electron chi connectivity index (χ2n) is 4.87. The molecule has 0 spiro atoms. The number of amides is 1. The Labute approximate surface area is 123 Å². The summed E-state index contributed by atoms with van der Waals surface area (Å²) in [6.07, 6.45) is 4.04. The molecule has 1 saturated carbocycles. The molecule has 20 heavy (non-hydrogen) atoms. The van der Waals surface area contributed by atoms with Crippen molar-refractivity contribution in [1.82, 2.24) is 4.57 Å². The van der Waals surface area contributed by atoms with Crippen molar-refractivity contribution < 1.29 is 9.18 Å². The summed E-state index contributed by atoms with van der Waals surface area (Å²) in [5.41, 5.74) is 6.90. The molecule has 0 radical (unpaired) electrons. The lowest BCUT2D eigenvalue weighted by Crippen LogP contribution is -2.17. The predicted octanol–water partition coefficient (Wildman–Crippen LogP) is 3.56. The fourth-order valence-electron chi connectivity index (χ4n) is 2.11. The normalized spacial score (nSPS) is 14.3. The van der Waals surface area contributed by atoms with Crippen LogP contribution in [0.15, 0.2) is 34.9 Å². The molecule has 3 rings (SSSR count). The molecule has 2 aromatic rings. The largest absolute Gasteiger partial charge is 0.397 e. The van der Waals surface area contributed by atoms with E-state index in [1.54, 1.807) is 6.07 Å². The van der Waals surface area contributed by atoms with Gasteiger partial charge >= 0.3 is 0 Å². The second-order valence-corrected chi connectivity index (χ2v) is 5.78. The first-order chi connectivity index (χ1) is 9.54. The van der Waals surface area contributed by atoms with Crippen molar-refractivity contribution in [3.63, 3.8) is 0 Å². The third-order valence-corrected chi connectivity index (χ3v) is 3.69. The van der Waals surface area contributed by atoms with E-state index in [-0.39, 0.29) is 11.6 Å². The van der Waals surface area contributed by atoms with Crippen molar-refractivity contribution in [1.29, 1.82) is 0 Å². The second kappa shape index (κ2) is 4.94. The molecule has 0 bridgehead atoms. The molecule has 4 nitrogen and oxygen atoms in total. The van der Waals surface area contributed by atoms with Crippen molar-refractivity contribution in [3.8, 4) is 0 Å². The number of hydrogen-bond donors (Lipinski definition) is 2. The standard InChI is InChI=1S/C14H13BrFN3O/c15-8-5-13(19(7-8)10-2-3-10)14(20)18-12-6-9(16)1-4-11(12)17/h1,4-7,10H,2-3,17H2,(H,18,20). The number of nitrogens with two attached hydrogens (primary N) is 1. The Kier molecular flexibility index (Phi) is 3.25. The number of nitrogen functional groups attached to an aromatic ring is 1. The van der Waals surface area contributed by atoms with Gasteiger partial charge in [-0.1, -0.05) is 0 Å². The molecule has 0 aliphatic heterocycles. The van der Waals surface area contributed by atoms with E-state index in [2.05, 4.69) is 21.2 Å². The van der Waals surface area contributed by atoms with Crippen molar-refractivity contribution in [2.75, 3.05) is 11.1 Å². The summed E-state index contributed by atoms with van der Waals surface area (Å²) < 4.78 is 16.0. The highest BCUT2D eigenvalue weighted by Gasteiger charge is 2.27. The van der Waals surface area contributed by atoms with Gasteiger partial charge in [-0.25, -0.2) is 4.39 Å². The Bertz CT molecular complexity index is 679. The molecular formula is C14H13BrFN3O. The zero-order valence-corrected chi connectivity index (χ0v) is 12.2. The maximum absolute atomic E-state index is 13.2. The number of rotatable bonds is 3. The van der Waals surface area contributed by atoms with E-state index in [1.807, 2.05) is 10.8 Å². The Morgan fingerprint density at radius 1 is 1.40 bits per heavy atom. The highest BCUT2D eigenvalue weighted by Crippen LogP contribution is 2.37. The SMILES string of the molecule is Nc1ccc(F)cc1NC(=O)c1cc(Br)cn1C1CC1. The van der Waals surface area contributed by atoms with Crippen LogP contribution in [0.2, 0.25) is 0 Å². The molecule has 0 atom stereocenters. The average Bonchev–Trinajstić information content (AvgIpc) is 3.17. The maximum atomic E-state index is 13.2. The minimum Gasteiger partial charge on any atom is -0.397 e. The van der Waals surface area contributed by atoms with Gasteiger partial charge in [-0.05, 0) is 53.0 Å². The molecule has 6 heteroatoms. The van der Waals surface area contributed by atoms with E-state index < -0.39 is 5.82 Å². The molecule has 1 aromatic heterocycles.